The highest BCUT2D eigenvalue weighted by Gasteiger charge is 2.52. The van der Waals surface area contributed by atoms with Crippen molar-refractivity contribution in [1.82, 2.24) is 15.0 Å². The SMILES string of the molecule is N#Cc1cc(C#N)cc(-c2nc(-c3ccc(C45C[C@H]6C[C@@H](C4)C[C@@H](C5)C6)cc3)nc(-c3ccc(C45C[C@H]6C[C@@H](C4)C[C@@H](C5)C6)cc3)n2)c1. The first-order valence-corrected chi connectivity index (χ1v) is 18.4. The van der Waals surface area contributed by atoms with Gasteiger partial charge in [0.2, 0.25) is 0 Å². The van der Waals surface area contributed by atoms with Gasteiger partial charge in [-0.2, -0.15) is 10.5 Å². The summed E-state index contributed by atoms with van der Waals surface area (Å²) in [6.45, 7) is 0. The van der Waals surface area contributed by atoms with Crippen LogP contribution in [0.15, 0.2) is 66.7 Å². The van der Waals surface area contributed by atoms with E-state index in [9.17, 15) is 10.5 Å². The van der Waals surface area contributed by atoms with E-state index in [1.54, 1.807) is 18.2 Å². The Bertz CT molecular complexity index is 1800. The van der Waals surface area contributed by atoms with Crippen LogP contribution in [0.2, 0.25) is 0 Å². The van der Waals surface area contributed by atoms with Crippen LogP contribution in [0.25, 0.3) is 34.2 Å². The lowest BCUT2D eigenvalue weighted by Crippen LogP contribution is -2.48. The third-order valence-corrected chi connectivity index (χ3v) is 13.7. The summed E-state index contributed by atoms with van der Waals surface area (Å²) >= 11 is 0. The van der Waals surface area contributed by atoms with Crippen LogP contribution in [0.4, 0.5) is 0 Å². The number of benzene rings is 3. The van der Waals surface area contributed by atoms with E-state index in [0.717, 1.165) is 46.6 Å². The van der Waals surface area contributed by atoms with Crippen molar-refractivity contribution in [2.45, 2.75) is 87.9 Å². The molecule has 0 N–H and O–H groups in total. The summed E-state index contributed by atoms with van der Waals surface area (Å²) in [5.74, 6) is 7.16. The fraction of sp³-hybridized carbons (Fsp3) is 0.465. The average Bonchev–Trinajstić information content (AvgIpc) is 3.10. The molecule has 0 radical (unpaired) electrons. The van der Waals surface area contributed by atoms with Gasteiger partial charge in [0.1, 0.15) is 0 Å². The van der Waals surface area contributed by atoms with Crippen LogP contribution < -0.4 is 0 Å². The molecule has 0 aliphatic heterocycles. The average molecular weight is 628 g/mol. The molecule has 0 spiro atoms. The molecule has 4 aromatic rings. The van der Waals surface area contributed by atoms with Crippen LogP contribution in [-0.4, -0.2) is 15.0 Å². The van der Waals surface area contributed by atoms with Gasteiger partial charge in [-0.3, -0.25) is 0 Å². The van der Waals surface area contributed by atoms with E-state index in [0.29, 0.717) is 45.0 Å². The predicted molar refractivity (Wildman–Crippen MR) is 185 cm³/mol. The van der Waals surface area contributed by atoms with Gasteiger partial charge in [-0.1, -0.05) is 48.5 Å². The van der Waals surface area contributed by atoms with E-state index in [2.05, 4.69) is 60.7 Å². The molecule has 8 aliphatic carbocycles. The summed E-state index contributed by atoms with van der Waals surface area (Å²) < 4.78 is 0. The van der Waals surface area contributed by atoms with Gasteiger partial charge in [0.15, 0.2) is 17.5 Å². The number of hydrogen-bond donors (Lipinski definition) is 0. The summed E-state index contributed by atoms with van der Waals surface area (Å²) in [7, 11) is 0. The lowest BCUT2D eigenvalue weighted by atomic mass is 9.48. The number of aromatic nitrogens is 3. The Morgan fingerprint density at radius 2 is 0.750 bits per heavy atom. The van der Waals surface area contributed by atoms with Gasteiger partial charge in [0.05, 0.1) is 23.3 Å². The molecule has 0 unspecified atom stereocenters. The van der Waals surface area contributed by atoms with Gasteiger partial charge >= 0.3 is 0 Å². The molecular formula is C43H41N5. The van der Waals surface area contributed by atoms with E-state index in [4.69, 9.17) is 15.0 Å². The van der Waals surface area contributed by atoms with Gasteiger partial charge in [0, 0.05) is 16.7 Å². The highest BCUT2D eigenvalue weighted by atomic mass is 15.0. The van der Waals surface area contributed by atoms with E-state index >= 15 is 0 Å². The lowest BCUT2D eigenvalue weighted by Gasteiger charge is -2.57. The van der Waals surface area contributed by atoms with Crippen molar-refractivity contribution in [3.8, 4) is 46.3 Å². The van der Waals surface area contributed by atoms with Crippen LogP contribution in [-0.2, 0) is 10.8 Å². The Hall–Kier alpha value is -4.35. The van der Waals surface area contributed by atoms with Gasteiger partial charge in [-0.25, -0.2) is 15.0 Å². The minimum atomic E-state index is 0.340. The largest absolute Gasteiger partial charge is 0.208 e. The van der Waals surface area contributed by atoms with Gasteiger partial charge in [-0.05, 0) is 153 Å². The van der Waals surface area contributed by atoms with Crippen LogP contribution in [0.5, 0.6) is 0 Å². The van der Waals surface area contributed by atoms with E-state index < -0.39 is 0 Å². The number of nitriles is 2. The summed E-state index contributed by atoms with van der Waals surface area (Å²) in [4.78, 5) is 15.0. The molecule has 48 heavy (non-hydrogen) atoms. The second-order valence-corrected chi connectivity index (χ2v) is 16.9. The normalized spacial score (nSPS) is 33.8. The second-order valence-electron chi connectivity index (χ2n) is 16.9. The van der Waals surface area contributed by atoms with Gasteiger partial charge in [0.25, 0.3) is 0 Å². The van der Waals surface area contributed by atoms with Crippen molar-refractivity contribution in [2.75, 3.05) is 0 Å². The quantitative estimate of drug-likeness (QED) is 0.220. The Morgan fingerprint density at radius 1 is 0.438 bits per heavy atom. The van der Waals surface area contributed by atoms with Gasteiger partial charge in [-0.15, -0.1) is 0 Å². The van der Waals surface area contributed by atoms with Gasteiger partial charge < -0.3 is 0 Å². The van der Waals surface area contributed by atoms with E-state index in [1.165, 1.54) is 88.2 Å². The third kappa shape index (κ3) is 4.65. The van der Waals surface area contributed by atoms with Crippen LogP contribution in [0.3, 0.4) is 0 Å². The zero-order chi connectivity index (χ0) is 32.0. The van der Waals surface area contributed by atoms with Crippen LogP contribution >= 0.6 is 0 Å². The summed E-state index contributed by atoms with van der Waals surface area (Å²) in [5.41, 5.74) is 7.09. The Balaban J connectivity index is 1.03. The summed E-state index contributed by atoms with van der Waals surface area (Å²) in [6, 6.07) is 27.8. The van der Waals surface area contributed by atoms with Crippen molar-refractivity contribution in [3.63, 3.8) is 0 Å². The summed E-state index contributed by atoms with van der Waals surface area (Å²) in [5, 5.41) is 19.4. The van der Waals surface area contributed by atoms with Crippen molar-refractivity contribution < 1.29 is 0 Å². The maximum absolute atomic E-state index is 9.71. The molecule has 0 atom stereocenters. The van der Waals surface area contributed by atoms with Crippen molar-refractivity contribution in [2.24, 2.45) is 35.5 Å². The predicted octanol–water partition coefficient (Wildman–Crippen LogP) is 9.55. The molecular weight excluding hydrogens is 587 g/mol. The molecule has 8 bridgehead atoms. The fourth-order valence-corrected chi connectivity index (χ4v) is 12.5. The zero-order valence-electron chi connectivity index (χ0n) is 27.5. The monoisotopic (exact) mass is 627 g/mol. The molecule has 8 fully saturated rings. The number of hydrogen-bond acceptors (Lipinski definition) is 5. The molecule has 0 saturated heterocycles. The molecule has 8 saturated carbocycles. The highest BCUT2D eigenvalue weighted by molar-refractivity contribution is 5.68. The topological polar surface area (TPSA) is 86.2 Å². The van der Waals surface area contributed by atoms with Crippen LogP contribution in [0, 0.1) is 58.2 Å². The lowest BCUT2D eigenvalue weighted by molar-refractivity contribution is -0.00530. The van der Waals surface area contributed by atoms with Crippen LogP contribution in [0.1, 0.15) is 99.3 Å². The first-order valence-electron chi connectivity index (χ1n) is 18.4. The van der Waals surface area contributed by atoms with Crippen molar-refractivity contribution >= 4 is 0 Å². The second kappa shape index (κ2) is 10.6. The maximum Gasteiger partial charge on any atom is 0.164 e. The number of nitrogens with zero attached hydrogens (tertiary/aromatic N) is 5. The standard InChI is InChI=1S/C43H41N5/c44-24-32-15-33(25-45)17-36(16-32)41-47-39(34-1-5-37(6-2-34)42-18-26-9-27(19-42)11-28(10-26)20-42)46-40(48-41)35-3-7-38(8-4-35)43-21-29-12-30(22-43)14-31(13-29)23-43/h1-8,15-17,26-31H,9-14,18-23H2/t26-,27+,28-,29-,30+,31-,42?,43?. The molecule has 1 heterocycles. The smallest absolute Gasteiger partial charge is 0.164 e. The third-order valence-electron chi connectivity index (χ3n) is 13.7. The number of rotatable bonds is 5. The Morgan fingerprint density at radius 3 is 1.06 bits per heavy atom. The molecule has 3 aromatic carbocycles. The minimum Gasteiger partial charge on any atom is -0.208 e. The minimum absolute atomic E-state index is 0.340. The maximum atomic E-state index is 9.71. The molecule has 8 aliphatic rings. The van der Waals surface area contributed by atoms with E-state index in [-0.39, 0.29) is 0 Å². The molecule has 0 amide bonds. The zero-order valence-corrected chi connectivity index (χ0v) is 27.5. The Labute approximate surface area is 283 Å². The fourth-order valence-electron chi connectivity index (χ4n) is 12.5. The van der Waals surface area contributed by atoms with Crippen molar-refractivity contribution in [1.29, 1.82) is 10.5 Å². The molecule has 12 rings (SSSR count). The summed E-state index contributed by atoms with van der Waals surface area (Å²) in [6.07, 6.45) is 16.7. The molecule has 1 aromatic heterocycles. The first kappa shape index (κ1) is 28.6. The molecule has 238 valence electrons. The molecule has 5 nitrogen and oxygen atoms in total. The first-order chi connectivity index (χ1) is 23.4. The Kier molecular flexibility index (Phi) is 6.31. The highest BCUT2D eigenvalue weighted by Crippen LogP contribution is 2.62. The van der Waals surface area contributed by atoms with Crippen molar-refractivity contribution in [3.05, 3.63) is 89.0 Å². The molecule has 5 heteroatoms. The van der Waals surface area contributed by atoms with E-state index in [1.807, 2.05) is 0 Å².